The molecule has 19 heavy (non-hydrogen) atoms. The third kappa shape index (κ3) is 2.79. The van der Waals surface area contributed by atoms with E-state index in [-0.39, 0.29) is 23.7 Å². The van der Waals surface area contributed by atoms with Crippen LogP contribution in [0.15, 0.2) is 10.9 Å². The molecule has 0 aliphatic carbocycles. The number of carboxylic acid groups (broad SMARTS) is 1. The molecule has 1 amide bonds. The molecule has 100 valence electrons. The molecule has 0 unspecified atom stereocenters. The summed E-state index contributed by atoms with van der Waals surface area (Å²) in [4.78, 5) is 27.0. The second-order valence-electron chi connectivity index (χ2n) is 3.94. The highest BCUT2D eigenvalue weighted by Gasteiger charge is 2.21. The highest BCUT2D eigenvalue weighted by molar-refractivity contribution is 7.07. The van der Waals surface area contributed by atoms with Gasteiger partial charge in [0.25, 0.3) is 0 Å². The van der Waals surface area contributed by atoms with E-state index in [1.54, 1.807) is 24.9 Å². The van der Waals surface area contributed by atoms with Crippen molar-refractivity contribution in [3.05, 3.63) is 27.8 Å². The van der Waals surface area contributed by atoms with Gasteiger partial charge in [-0.05, 0) is 6.92 Å². The number of nitrogens with one attached hydrogen (secondary N) is 1. The molecule has 0 atom stereocenters. The summed E-state index contributed by atoms with van der Waals surface area (Å²) in [6.07, 6.45) is 0.104. The Hall–Kier alpha value is -2.22. The van der Waals surface area contributed by atoms with E-state index in [4.69, 9.17) is 5.11 Å². The number of hydrogen-bond acceptors (Lipinski definition) is 5. The van der Waals surface area contributed by atoms with E-state index in [0.717, 1.165) is 0 Å². The molecule has 2 N–H and O–H groups in total. The number of hydrogen-bond donors (Lipinski definition) is 2. The smallest absolute Gasteiger partial charge is 0.341 e. The second kappa shape index (κ2) is 5.19. The highest BCUT2D eigenvalue weighted by Crippen LogP contribution is 2.18. The molecule has 0 aromatic carbocycles. The third-order valence-corrected chi connectivity index (χ3v) is 3.15. The SMILES string of the molecule is Cc1nn(C)c(NC(=O)Cc2cscn2)c1C(=O)O. The fourth-order valence-corrected chi connectivity index (χ4v) is 2.28. The molecule has 7 nitrogen and oxygen atoms in total. The van der Waals surface area contributed by atoms with Crippen molar-refractivity contribution in [3.8, 4) is 0 Å². The van der Waals surface area contributed by atoms with Crippen molar-refractivity contribution >= 4 is 29.0 Å². The molecule has 0 saturated heterocycles. The number of carboxylic acids is 1. The van der Waals surface area contributed by atoms with Crippen molar-refractivity contribution in [1.82, 2.24) is 14.8 Å². The number of carbonyl (C=O) groups excluding carboxylic acids is 1. The third-order valence-electron chi connectivity index (χ3n) is 2.52. The van der Waals surface area contributed by atoms with Crippen molar-refractivity contribution in [2.45, 2.75) is 13.3 Å². The summed E-state index contributed by atoms with van der Waals surface area (Å²) < 4.78 is 1.34. The van der Waals surface area contributed by atoms with Gasteiger partial charge in [-0.3, -0.25) is 9.48 Å². The van der Waals surface area contributed by atoms with Gasteiger partial charge in [-0.1, -0.05) is 0 Å². The fourth-order valence-electron chi connectivity index (χ4n) is 1.72. The first-order chi connectivity index (χ1) is 8.99. The van der Waals surface area contributed by atoms with Gasteiger partial charge in [-0.2, -0.15) is 5.10 Å². The van der Waals surface area contributed by atoms with E-state index in [1.807, 2.05) is 0 Å². The summed E-state index contributed by atoms with van der Waals surface area (Å²) in [6.45, 7) is 1.58. The average molecular weight is 280 g/mol. The Morgan fingerprint density at radius 3 is 2.84 bits per heavy atom. The van der Waals surface area contributed by atoms with Gasteiger partial charge in [-0.25, -0.2) is 9.78 Å². The van der Waals surface area contributed by atoms with Crippen LogP contribution in [0.3, 0.4) is 0 Å². The lowest BCUT2D eigenvalue weighted by atomic mass is 10.2. The predicted octanol–water partition coefficient (Wildman–Crippen LogP) is 1.06. The Bertz CT molecular complexity index is 618. The maximum absolute atomic E-state index is 11.8. The van der Waals surface area contributed by atoms with Crippen LogP contribution >= 0.6 is 11.3 Å². The molecule has 0 spiro atoms. The molecular formula is C11H12N4O3S. The van der Waals surface area contributed by atoms with Crippen LogP contribution in [0.1, 0.15) is 21.7 Å². The molecule has 2 heterocycles. The monoisotopic (exact) mass is 280 g/mol. The van der Waals surface area contributed by atoms with E-state index in [1.165, 1.54) is 16.0 Å². The topological polar surface area (TPSA) is 97.1 Å². The Morgan fingerprint density at radius 2 is 2.26 bits per heavy atom. The lowest BCUT2D eigenvalue weighted by Crippen LogP contribution is -2.18. The minimum absolute atomic E-state index is 0.00845. The van der Waals surface area contributed by atoms with Crippen LogP contribution in [0, 0.1) is 6.92 Å². The number of amides is 1. The number of aromatic nitrogens is 3. The number of rotatable bonds is 4. The van der Waals surface area contributed by atoms with Gasteiger partial charge in [0.1, 0.15) is 11.4 Å². The van der Waals surface area contributed by atoms with Crippen molar-refractivity contribution in [2.24, 2.45) is 7.05 Å². The number of anilines is 1. The summed E-state index contributed by atoms with van der Waals surface area (Å²) in [5.41, 5.74) is 2.66. The summed E-state index contributed by atoms with van der Waals surface area (Å²) in [7, 11) is 1.58. The lowest BCUT2D eigenvalue weighted by Gasteiger charge is -2.05. The maximum Gasteiger partial charge on any atom is 0.341 e. The zero-order chi connectivity index (χ0) is 14.0. The number of aryl methyl sites for hydroxylation is 2. The Labute approximate surface area is 112 Å². The van der Waals surface area contributed by atoms with Crippen LogP contribution in [-0.4, -0.2) is 31.7 Å². The first-order valence-corrected chi connectivity index (χ1v) is 6.37. The summed E-state index contributed by atoms with van der Waals surface area (Å²) >= 11 is 1.40. The minimum Gasteiger partial charge on any atom is -0.477 e. The van der Waals surface area contributed by atoms with Crippen molar-refractivity contribution in [1.29, 1.82) is 0 Å². The molecule has 2 aromatic rings. The molecule has 0 radical (unpaired) electrons. The molecule has 0 saturated carbocycles. The van der Waals surface area contributed by atoms with Gasteiger partial charge in [-0.15, -0.1) is 11.3 Å². The summed E-state index contributed by atoms with van der Waals surface area (Å²) in [5, 5.41) is 17.4. The lowest BCUT2D eigenvalue weighted by molar-refractivity contribution is -0.115. The van der Waals surface area contributed by atoms with Gasteiger partial charge in [0, 0.05) is 12.4 Å². The van der Waals surface area contributed by atoms with Crippen LogP contribution in [0.4, 0.5) is 5.82 Å². The Kier molecular flexibility index (Phi) is 3.61. The van der Waals surface area contributed by atoms with E-state index in [9.17, 15) is 9.59 Å². The van der Waals surface area contributed by atoms with Crippen LogP contribution in [-0.2, 0) is 18.3 Å². The molecule has 2 rings (SSSR count). The number of carbonyl (C=O) groups is 2. The zero-order valence-corrected chi connectivity index (χ0v) is 11.2. The van der Waals surface area contributed by atoms with E-state index in [0.29, 0.717) is 11.4 Å². The summed E-state index contributed by atoms with van der Waals surface area (Å²) in [5.74, 6) is -1.25. The van der Waals surface area contributed by atoms with E-state index in [2.05, 4.69) is 15.4 Å². The quantitative estimate of drug-likeness (QED) is 0.873. The minimum atomic E-state index is -1.12. The van der Waals surface area contributed by atoms with Crippen LogP contribution in [0.5, 0.6) is 0 Å². The van der Waals surface area contributed by atoms with Gasteiger partial charge in [0.15, 0.2) is 0 Å². The molecule has 0 aliphatic heterocycles. The predicted molar refractivity (Wildman–Crippen MR) is 69.4 cm³/mol. The Balaban J connectivity index is 2.19. The zero-order valence-electron chi connectivity index (χ0n) is 10.4. The maximum atomic E-state index is 11.8. The number of thiazole rings is 1. The van der Waals surface area contributed by atoms with Gasteiger partial charge >= 0.3 is 5.97 Å². The van der Waals surface area contributed by atoms with Crippen LogP contribution in [0.25, 0.3) is 0 Å². The van der Waals surface area contributed by atoms with Crippen LogP contribution < -0.4 is 5.32 Å². The standard InChI is InChI=1S/C11H12N4O3S/c1-6-9(11(17)18)10(15(2)14-6)13-8(16)3-7-4-19-5-12-7/h4-5H,3H2,1-2H3,(H,13,16)(H,17,18). The molecule has 0 bridgehead atoms. The number of nitrogens with zero attached hydrogens (tertiary/aromatic N) is 3. The highest BCUT2D eigenvalue weighted by atomic mass is 32.1. The van der Waals surface area contributed by atoms with Crippen molar-refractivity contribution < 1.29 is 14.7 Å². The largest absolute Gasteiger partial charge is 0.477 e. The number of aromatic carboxylic acids is 1. The molecular weight excluding hydrogens is 268 g/mol. The van der Waals surface area contributed by atoms with Crippen molar-refractivity contribution in [3.63, 3.8) is 0 Å². The fraction of sp³-hybridized carbons (Fsp3) is 0.273. The van der Waals surface area contributed by atoms with E-state index < -0.39 is 5.97 Å². The molecule has 0 aliphatic rings. The molecule has 0 fully saturated rings. The van der Waals surface area contributed by atoms with Gasteiger partial charge in [0.05, 0.1) is 23.3 Å². The molecule has 2 aromatic heterocycles. The van der Waals surface area contributed by atoms with Gasteiger partial charge < -0.3 is 10.4 Å². The average Bonchev–Trinajstić information content (AvgIpc) is 2.88. The first kappa shape index (κ1) is 13.2. The van der Waals surface area contributed by atoms with E-state index >= 15 is 0 Å². The molecule has 8 heteroatoms. The van der Waals surface area contributed by atoms with Crippen molar-refractivity contribution in [2.75, 3.05) is 5.32 Å². The second-order valence-corrected chi connectivity index (χ2v) is 4.66. The van der Waals surface area contributed by atoms with Gasteiger partial charge in [0.2, 0.25) is 5.91 Å². The first-order valence-electron chi connectivity index (χ1n) is 5.43. The summed E-state index contributed by atoms with van der Waals surface area (Å²) in [6, 6.07) is 0. The van der Waals surface area contributed by atoms with Crippen LogP contribution in [0.2, 0.25) is 0 Å². The Morgan fingerprint density at radius 1 is 1.53 bits per heavy atom. The normalized spacial score (nSPS) is 10.4.